The molecule has 0 aliphatic carbocycles. The summed E-state index contributed by atoms with van der Waals surface area (Å²) >= 11 is 3.46. The second-order valence-corrected chi connectivity index (χ2v) is 5.13. The maximum Gasteiger partial charge on any atom is 0.165 e. The summed E-state index contributed by atoms with van der Waals surface area (Å²) in [5.41, 5.74) is 2.14. The molecule has 0 unspecified atom stereocenters. The van der Waals surface area contributed by atoms with Gasteiger partial charge < -0.3 is 9.84 Å². The van der Waals surface area contributed by atoms with E-state index >= 15 is 0 Å². The first kappa shape index (κ1) is 15.0. The van der Waals surface area contributed by atoms with Crippen LogP contribution < -0.4 is 4.74 Å². The maximum atomic E-state index is 13.8. The zero-order valence-corrected chi connectivity index (χ0v) is 12.9. The minimum Gasteiger partial charge on any atom is -0.484 e. The lowest BCUT2D eigenvalue weighted by atomic mass is 10.2. The highest BCUT2D eigenvalue weighted by atomic mass is 79.9. The van der Waals surface area contributed by atoms with Crippen LogP contribution in [0.5, 0.6) is 5.75 Å². The Morgan fingerprint density at radius 3 is 2.85 bits per heavy atom. The standard InChI is InChI=1S/C14H16BrFN2O2/c1-3-18-12(13(15)9(2)17-18)8-20-14-10(7-19)5-4-6-11(14)16/h4-6,19H,3,7-8H2,1-2H3. The van der Waals surface area contributed by atoms with E-state index < -0.39 is 5.82 Å². The van der Waals surface area contributed by atoms with Crippen molar-refractivity contribution in [2.45, 2.75) is 33.6 Å². The van der Waals surface area contributed by atoms with Crippen LogP contribution >= 0.6 is 15.9 Å². The van der Waals surface area contributed by atoms with Gasteiger partial charge in [0.25, 0.3) is 0 Å². The largest absolute Gasteiger partial charge is 0.484 e. The van der Waals surface area contributed by atoms with Crippen molar-refractivity contribution >= 4 is 15.9 Å². The molecule has 108 valence electrons. The van der Waals surface area contributed by atoms with Crippen molar-refractivity contribution in [2.75, 3.05) is 0 Å². The number of ether oxygens (including phenoxy) is 1. The van der Waals surface area contributed by atoms with E-state index in [1.807, 2.05) is 13.8 Å². The van der Waals surface area contributed by atoms with Crippen molar-refractivity contribution in [3.05, 3.63) is 45.4 Å². The lowest BCUT2D eigenvalue weighted by Gasteiger charge is -2.12. The lowest BCUT2D eigenvalue weighted by Crippen LogP contribution is -2.08. The van der Waals surface area contributed by atoms with Crippen molar-refractivity contribution in [3.63, 3.8) is 0 Å². The van der Waals surface area contributed by atoms with Crippen molar-refractivity contribution in [1.29, 1.82) is 0 Å². The number of hydrogen-bond donors (Lipinski definition) is 1. The monoisotopic (exact) mass is 342 g/mol. The Hall–Kier alpha value is -1.40. The molecule has 0 aliphatic rings. The number of aliphatic hydroxyl groups excluding tert-OH is 1. The summed E-state index contributed by atoms with van der Waals surface area (Å²) < 4.78 is 22.0. The molecule has 0 spiro atoms. The smallest absolute Gasteiger partial charge is 0.165 e. The Labute approximate surface area is 125 Å². The van der Waals surface area contributed by atoms with Gasteiger partial charge in [0.15, 0.2) is 11.6 Å². The molecular formula is C14H16BrFN2O2. The summed E-state index contributed by atoms with van der Waals surface area (Å²) in [7, 11) is 0. The van der Waals surface area contributed by atoms with E-state index in [2.05, 4.69) is 21.0 Å². The number of aliphatic hydroxyl groups is 1. The van der Waals surface area contributed by atoms with Crippen LogP contribution in [0.1, 0.15) is 23.9 Å². The lowest BCUT2D eigenvalue weighted by molar-refractivity contribution is 0.246. The fraction of sp³-hybridized carbons (Fsp3) is 0.357. The SMILES string of the molecule is CCn1nc(C)c(Br)c1COc1c(F)cccc1CO. The van der Waals surface area contributed by atoms with Gasteiger partial charge in [-0.1, -0.05) is 12.1 Å². The topological polar surface area (TPSA) is 47.3 Å². The molecule has 0 fully saturated rings. The van der Waals surface area contributed by atoms with Gasteiger partial charge in [-0.3, -0.25) is 4.68 Å². The Morgan fingerprint density at radius 1 is 1.45 bits per heavy atom. The van der Waals surface area contributed by atoms with E-state index in [4.69, 9.17) is 4.74 Å². The Balaban J connectivity index is 2.25. The zero-order chi connectivity index (χ0) is 14.7. The summed E-state index contributed by atoms with van der Waals surface area (Å²) in [5.74, 6) is -0.393. The highest BCUT2D eigenvalue weighted by Crippen LogP contribution is 2.26. The van der Waals surface area contributed by atoms with Crippen LogP contribution in [0.15, 0.2) is 22.7 Å². The molecule has 1 aromatic heterocycles. The number of aromatic nitrogens is 2. The van der Waals surface area contributed by atoms with E-state index in [-0.39, 0.29) is 19.0 Å². The third-order valence-electron chi connectivity index (χ3n) is 3.02. The molecule has 0 amide bonds. The zero-order valence-electron chi connectivity index (χ0n) is 11.4. The van der Waals surface area contributed by atoms with Gasteiger partial charge in [0.05, 0.1) is 22.5 Å². The number of benzene rings is 1. The van der Waals surface area contributed by atoms with Gasteiger partial charge in [-0.15, -0.1) is 0 Å². The molecule has 0 atom stereocenters. The minimum absolute atomic E-state index is 0.0865. The molecule has 0 bridgehead atoms. The first-order valence-corrected chi connectivity index (χ1v) is 7.10. The third-order valence-corrected chi connectivity index (χ3v) is 4.06. The predicted molar refractivity (Wildman–Crippen MR) is 77.0 cm³/mol. The van der Waals surface area contributed by atoms with Crippen LogP contribution in [0.25, 0.3) is 0 Å². The molecule has 2 aromatic rings. The quantitative estimate of drug-likeness (QED) is 0.907. The fourth-order valence-electron chi connectivity index (χ4n) is 1.99. The number of nitrogens with zero attached hydrogens (tertiary/aromatic N) is 2. The summed E-state index contributed by atoms with van der Waals surface area (Å²) in [6, 6.07) is 4.49. The molecule has 0 aliphatic heterocycles. The number of para-hydroxylation sites is 1. The van der Waals surface area contributed by atoms with Crippen LogP contribution in [-0.2, 0) is 19.8 Å². The molecule has 0 saturated carbocycles. The number of hydrogen-bond acceptors (Lipinski definition) is 3. The van der Waals surface area contributed by atoms with Crippen molar-refractivity contribution in [2.24, 2.45) is 0 Å². The average Bonchev–Trinajstić information content (AvgIpc) is 2.72. The van der Waals surface area contributed by atoms with Crippen molar-refractivity contribution in [1.82, 2.24) is 9.78 Å². The van der Waals surface area contributed by atoms with Crippen LogP contribution in [-0.4, -0.2) is 14.9 Å². The van der Waals surface area contributed by atoms with E-state index in [1.54, 1.807) is 16.8 Å². The van der Waals surface area contributed by atoms with Crippen LogP contribution in [0.3, 0.4) is 0 Å². The molecule has 1 aromatic carbocycles. The van der Waals surface area contributed by atoms with Crippen LogP contribution in [0, 0.1) is 12.7 Å². The fourth-order valence-corrected chi connectivity index (χ4v) is 2.39. The normalized spacial score (nSPS) is 10.8. The molecule has 0 radical (unpaired) electrons. The van der Waals surface area contributed by atoms with Crippen LogP contribution in [0.4, 0.5) is 4.39 Å². The van der Waals surface area contributed by atoms with Gasteiger partial charge in [-0.2, -0.15) is 5.10 Å². The second-order valence-electron chi connectivity index (χ2n) is 4.34. The Bertz CT molecular complexity index is 613. The maximum absolute atomic E-state index is 13.8. The van der Waals surface area contributed by atoms with Gasteiger partial charge >= 0.3 is 0 Å². The number of rotatable bonds is 5. The number of halogens is 2. The van der Waals surface area contributed by atoms with E-state index in [9.17, 15) is 9.50 Å². The van der Waals surface area contributed by atoms with Gasteiger partial charge in [0.2, 0.25) is 0 Å². The summed E-state index contributed by atoms with van der Waals surface area (Å²) in [6.45, 7) is 4.49. The van der Waals surface area contributed by atoms with Gasteiger partial charge in [0.1, 0.15) is 6.61 Å². The molecule has 4 nitrogen and oxygen atoms in total. The average molecular weight is 343 g/mol. The summed E-state index contributed by atoms with van der Waals surface area (Å²) in [6.07, 6.45) is 0. The van der Waals surface area contributed by atoms with Gasteiger partial charge in [-0.05, 0) is 35.8 Å². The highest BCUT2D eigenvalue weighted by molar-refractivity contribution is 9.10. The first-order valence-electron chi connectivity index (χ1n) is 6.31. The molecule has 6 heteroatoms. The van der Waals surface area contributed by atoms with Gasteiger partial charge in [0, 0.05) is 12.1 Å². The molecule has 20 heavy (non-hydrogen) atoms. The highest BCUT2D eigenvalue weighted by Gasteiger charge is 2.15. The molecule has 1 heterocycles. The van der Waals surface area contributed by atoms with Crippen molar-refractivity contribution < 1.29 is 14.2 Å². The minimum atomic E-state index is -0.480. The van der Waals surface area contributed by atoms with E-state index in [0.29, 0.717) is 12.1 Å². The van der Waals surface area contributed by atoms with E-state index in [0.717, 1.165) is 15.9 Å². The molecule has 0 saturated heterocycles. The Morgan fingerprint density at radius 2 is 2.20 bits per heavy atom. The molecular weight excluding hydrogens is 327 g/mol. The molecule has 1 N–H and O–H groups in total. The predicted octanol–water partition coefficient (Wildman–Crippen LogP) is 3.18. The number of aryl methyl sites for hydroxylation is 2. The molecule has 2 rings (SSSR count). The van der Waals surface area contributed by atoms with Crippen LogP contribution in [0.2, 0.25) is 0 Å². The van der Waals surface area contributed by atoms with Crippen molar-refractivity contribution in [3.8, 4) is 5.75 Å². The summed E-state index contributed by atoms with van der Waals surface area (Å²) in [4.78, 5) is 0. The van der Waals surface area contributed by atoms with E-state index in [1.165, 1.54) is 6.07 Å². The van der Waals surface area contributed by atoms with Gasteiger partial charge in [-0.25, -0.2) is 4.39 Å². The first-order chi connectivity index (χ1) is 9.58. The third kappa shape index (κ3) is 2.86. The second kappa shape index (κ2) is 6.37. The Kier molecular flexibility index (Phi) is 4.77. The summed E-state index contributed by atoms with van der Waals surface area (Å²) in [5, 5.41) is 13.6.